The molecule has 0 amide bonds. The molecule has 0 spiro atoms. The van der Waals surface area contributed by atoms with Gasteiger partial charge in [0.2, 0.25) is 0 Å². The molecule has 0 radical (unpaired) electrons. The number of rotatable bonds is 3. The zero-order chi connectivity index (χ0) is 14.9. The second kappa shape index (κ2) is 5.45. The highest BCUT2D eigenvalue weighted by Crippen LogP contribution is 2.36. The predicted octanol–water partition coefficient (Wildman–Crippen LogP) is 4.18. The molecule has 0 bridgehead atoms. The number of benzene rings is 1. The Morgan fingerprint density at radius 3 is 2.35 bits per heavy atom. The van der Waals surface area contributed by atoms with Gasteiger partial charge < -0.3 is 5.11 Å². The van der Waals surface area contributed by atoms with Crippen molar-refractivity contribution in [3.63, 3.8) is 0 Å². The van der Waals surface area contributed by atoms with Crippen LogP contribution in [-0.4, -0.2) is 10.1 Å². The third-order valence-corrected chi connectivity index (χ3v) is 3.61. The first-order valence-corrected chi connectivity index (χ1v) is 6.19. The molecule has 2 aromatic rings. The summed E-state index contributed by atoms with van der Waals surface area (Å²) >= 11 is 0.283. The summed E-state index contributed by atoms with van der Waals surface area (Å²) < 4.78 is 62.3. The van der Waals surface area contributed by atoms with Gasteiger partial charge in [0.1, 0.15) is 6.10 Å². The Labute approximate surface area is 114 Å². The standard InChI is InChI=1S/C12H8F5NOS/c13-10(14)7-3-1-2-6(4-7)9(19)8-5-18-11(20-8)12(15,16)17/h1-5,9-10,19H. The van der Waals surface area contributed by atoms with E-state index in [0.717, 1.165) is 12.3 Å². The summed E-state index contributed by atoms with van der Waals surface area (Å²) in [5.74, 6) is 0. The average Bonchev–Trinajstić information content (AvgIpc) is 2.87. The third kappa shape index (κ3) is 3.13. The number of aliphatic hydroxyl groups excluding tert-OH is 1. The molecule has 1 atom stereocenters. The summed E-state index contributed by atoms with van der Waals surface area (Å²) in [6.07, 6.45) is -7.82. The summed E-state index contributed by atoms with van der Waals surface area (Å²) in [4.78, 5) is 3.12. The van der Waals surface area contributed by atoms with Crippen LogP contribution in [0.15, 0.2) is 30.5 Å². The van der Waals surface area contributed by atoms with E-state index in [2.05, 4.69) is 4.98 Å². The van der Waals surface area contributed by atoms with Crippen LogP contribution in [0.25, 0.3) is 0 Å². The molecule has 8 heteroatoms. The number of halogens is 5. The van der Waals surface area contributed by atoms with Gasteiger partial charge in [0.25, 0.3) is 6.43 Å². The van der Waals surface area contributed by atoms with Crippen LogP contribution in [0.2, 0.25) is 0 Å². The molecule has 1 N–H and O–H groups in total. The van der Waals surface area contributed by atoms with Crippen LogP contribution in [0, 0.1) is 0 Å². The first kappa shape index (κ1) is 14.9. The molecule has 0 aliphatic rings. The summed E-state index contributed by atoms with van der Waals surface area (Å²) in [6, 6.07) is 4.91. The lowest BCUT2D eigenvalue weighted by Gasteiger charge is -2.10. The van der Waals surface area contributed by atoms with Gasteiger partial charge in [-0.3, -0.25) is 0 Å². The van der Waals surface area contributed by atoms with E-state index in [1.54, 1.807) is 0 Å². The molecule has 0 saturated carbocycles. The molecule has 1 aromatic carbocycles. The van der Waals surface area contributed by atoms with Gasteiger partial charge in [0.15, 0.2) is 5.01 Å². The Hall–Kier alpha value is -1.54. The van der Waals surface area contributed by atoms with Gasteiger partial charge in [0.05, 0.1) is 4.88 Å². The molecule has 0 aliphatic heterocycles. The maximum Gasteiger partial charge on any atom is 0.443 e. The number of hydrogen-bond acceptors (Lipinski definition) is 3. The smallest absolute Gasteiger partial charge is 0.383 e. The minimum atomic E-state index is -4.59. The Bertz CT molecular complexity index is 596. The average molecular weight is 309 g/mol. The van der Waals surface area contributed by atoms with Gasteiger partial charge in [-0.05, 0) is 11.6 Å². The number of thiazole rings is 1. The van der Waals surface area contributed by atoms with Crippen LogP contribution >= 0.6 is 11.3 Å². The number of aliphatic hydroxyl groups is 1. The van der Waals surface area contributed by atoms with Crippen LogP contribution in [0.1, 0.15) is 33.5 Å². The lowest BCUT2D eigenvalue weighted by Crippen LogP contribution is -2.03. The van der Waals surface area contributed by atoms with E-state index in [1.807, 2.05) is 0 Å². The third-order valence-electron chi connectivity index (χ3n) is 2.51. The van der Waals surface area contributed by atoms with Crippen molar-refractivity contribution in [2.45, 2.75) is 18.7 Å². The number of nitrogens with zero attached hydrogens (tertiary/aromatic N) is 1. The van der Waals surface area contributed by atoms with E-state index in [4.69, 9.17) is 0 Å². The lowest BCUT2D eigenvalue weighted by atomic mass is 10.1. The summed E-state index contributed by atoms with van der Waals surface area (Å²) in [5.41, 5.74) is -0.206. The first-order valence-electron chi connectivity index (χ1n) is 5.38. The van der Waals surface area contributed by atoms with E-state index < -0.39 is 23.7 Å². The van der Waals surface area contributed by atoms with Crippen molar-refractivity contribution in [1.29, 1.82) is 0 Å². The van der Waals surface area contributed by atoms with Gasteiger partial charge >= 0.3 is 6.18 Å². The molecule has 0 saturated heterocycles. The molecule has 0 aliphatic carbocycles. The molecule has 1 unspecified atom stereocenters. The number of aromatic nitrogens is 1. The Kier molecular flexibility index (Phi) is 4.05. The molecule has 2 rings (SSSR count). The van der Waals surface area contributed by atoms with Gasteiger partial charge in [-0.15, -0.1) is 11.3 Å². The normalized spacial score (nSPS) is 13.8. The van der Waals surface area contributed by atoms with Crippen LogP contribution in [0.4, 0.5) is 22.0 Å². The molecule has 1 aromatic heterocycles. The fourth-order valence-electron chi connectivity index (χ4n) is 1.57. The van der Waals surface area contributed by atoms with Crippen molar-refractivity contribution in [2.75, 3.05) is 0 Å². The maximum atomic E-state index is 12.5. The monoisotopic (exact) mass is 309 g/mol. The molecular formula is C12H8F5NOS. The topological polar surface area (TPSA) is 33.1 Å². The number of alkyl halides is 5. The zero-order valence-corrected chi connectivity index (χ0v) is 10.6. The van der Waals surface area contributed by atoms with Crippen molar-refractivity contribution in [2.24, 2.45) is 0 Å². The first-order chi connectivity index (χ1) is 9.29. The number of hydrogen-bond donors (Lipinski definition) is 1. The van der Waals surface area contributed by atoms with Crippen molar-refractivity contribution in [3.8, 4) is 0 Å². The Balaban J connectivity index is 2.29. The van der Waals surface area contributed by atoms with Gasteiger partial charge in [-0.1, -0.05) is 18.2 Å². The molecule has 108 valence electrons. The zero-order valence-electron chi connectivity index (χ0n) is 9.73. The van der Waals surface area contributed by atoms with Gasteiger partial charge in [-0.25, -0.2) is 13.8 Å². The highest BCUT2D eigenvalue weighted by atomic mass is 32.1. The van der Waals surface area contributed by atoms with Crippen molar-refractivity contribution in [3.05, 3.63) is 51.5 Å². The minimum absolute atomic E-state index is 0.0521. The minimum Gasteiger partial charge on any atom is -0.383 e. The fourth-order valence-corrected chi connectivity index (χ4v) is 2.37. The lowest BCUT2D eigenvalue weighted by molar-refractivity contribution is -0.137. The molecule has 20 heavy (non-hydrogen) atoms. The summed E-state index contributed by atoms with van der Waals surface area (Å²) in [6.45, 7) is 0. The van der Waals surface area contributed by atoms with Gasteiger partial charge in [0, 0.05) is 11.8 Å². The second-order valence-electron chi connectivity index (χ2n) is 3.94. The quantitative estimate of drug-likeness (QED) is 0.863. The predicted molar refractivity (Wildman–Crippen MR) is 62.6 cm³/mol. The maximum absolute atomic E-state index is 12.5. The van der Waals surface area contributed by atoms with E-state index >= 15 is 0 Å². The van der Waals surface area contributed by atoms with Crippen molar-refractivity contribution in [1.82, 2.24) is 4.98 Å². The van der Waals surface area contributed by atoms with Crippen LogP contribution < -0.4 is 0 Å². The Morgan fingerprint density at radius 1 is 1.15 bits per heavy atom. The molecular weight excluding hydrogens is 301 g/mol. The van der Waals surface area contributed by atoms with Crippen molar-refractivity contribution >= 4 is 11.3 Å². The SMILES string of the molecule is OC(c1cccc(C(F)F)c1)c1cnc(C(F)(F)F)s1. The van der Waals surface area contributed by atoms with Gasteiger partial charge in [-0.2, -0.15) is 13.2 Å². The highest BCUT2D eigenvalue weighted by Gasteiger charge is 2.35. The fraction of sp³-hybridized carbons (Fsp3) is 0.250. The van der Waals surface area contributed by atoms with Crippen molar-refractivity contribution < 1.29 is 27.1 Å². The van der Waals surface area contributed by atoms with E-state index in [-0.39, 0.29) is 27.3 Å². The summed E-state index contributed by atoms with van der Waals surface area (Å²) in [7, 11) is 0. The molecule has 2 nitrogen and oxygen atoms in total. The second-order valence-corrected chi connectivity index (χ2v) is 5.00. The van der Waals surface area contributed by atoms with E-state index in [0.29, 0.717) is 0 Å². The Morgan fingerprint density at radius 2 is 1.80 bits per heavy atom. The summed E-state index contributed by atoms with van der Waals surface area (Å²) in [5, 5.41) is 8.85. The van der Waals surface area contributed by atoms with Crippen LogP contribution in [0.3, 0.4) is 0 Å². The highest BCUT2D eigenvalue weighted by molar-refractivity contribution is 7.11. The van der Waals surface area contributed by atoms with E-state index in [1.165, 1.54) is 18.2 Å². The van der Waals surface area contributed by atoms with Crippen LogP contribution in [-0.2, 0) is 6.18 Å². The molecule has 0 fully saturated rings. The largest absolute Gasteiger partial charge is 0.443 e. The van der Waals surface area contributed by atoms with E-state index in [9.17, 15) is 27.1 Å². The molecule has 1 heterocycles. The van der Waals surface area contributed by atoms with Crippen LogP contribution in [0.5, 0.6) is 0 Å².